The second-order valence-electron chi connectivity index (χ2n) is 7.85. The summed E-state index contributed by atoms with van der Waals surface area (Å²) in [6.45, 7) is 5.35. The third-order valence-corrected chi connectivity index (χ3v) is 5.16. The van der Waals surface area contributed by atoms with E-state index >= 15 is 0 Å². The van der Waals surface area contributed by atoms with Gasteiger partial charge in [-0.15, -0.1) is 0 Å². The SMILES string of the molecule is CC(C)CC(CN)N(Cc1ccccc1)C(=O)c1ccccc1-c1ccccc1. The predicted octanol–water partition coefficient (Wildman–Crippen LogP) is 5.37. The first-order valence-corrected chi connectivity index (χ1v) is 10.3. The Hall–Kier alpha value is -2.91. The van der Waals surface area contributed by atoms with E-state index in [-0.39, 0.29) is 11.9 Å². The van der Waals surface area contributed by atoms with Gasteiger partial charge in [0.05, 0.1) is 0 Å². The molecule has 0 heterocycles. The number of carbonyl (C=O) groups is 1. The van der Waals surface area contributed by atoms with Crippen LogP contribution in [0.3, 0.4) is 0 Å². The first kappa shape index (κ1) is 20.8. The molecule has 0 fully saturated rings. The van der Waals surface area contributed by atoms with E-state index in [1.807, 2.05) is 77.7 Å². The monoisotopic (exact) mass is 386 g/mol. The molecule has 0 aliphatic carbocycles. The molecular formula is C26H30N2O. The quantitative estimate of drug-likeness (QED) is 0.566. The van der Waals surface area contributed by atoms with Crippen molar-refractivity contribution in [2.45, 2.75) is 32.9 Å². The van der Waals surface area contributed by atoms with Crippen LogP contribution in [0.5, 0.6) is 0 Å². The summed E-state index contributed by atoms with van der Waals surface area (Å²) in [6.07, 6.45) is 0.878. The number of hydrogen-bond acceptors (Lipinski definition) is 2. The lowest BCUT2D eigenvalue weighted by Crippen LogP contribution is -2.45. The number of nitrogens with zero attached hydrogens (tertiary/aromatic N) is 1. The summed E-state index contributed by atoms with van der Waals surface area (Å²) in [6, 6.07) is 28.1. The molecule has 0 saturated carbocycles. The molecule has 1 amide bonds. The van der Waals surface area contributed by atoms with Crippen molar-refractivity contribution in [1.29, 1.82) is 0 Å². The smallest absolute Gasteiger partial charge is 0.255 e. The van der Waals surface area contributed by atoms with Crippen molar-refractivity contribution in [3.05, 3.63) is 96.1 Å². The maximum Gasteiger partial charge on any atom is 0.255 e. The molecule has 29 heavy (non-hydrogen) atoms. The molecule has 0 spiro atoms. The van der Waals surface area contributed by atoms with E-state index in [1.54, 1.807) is 0 Å². The van der Waals surface area contributed by atoms with Crippen LogP contribution in [-0.4, -0.2) is 23.4 Å². The highest BCUT2D eigenvalue weighted by Crippen LogP contribution is 2.26. The summed E-state index contributed by atoms with van der Waals surface area (Å²) in [5.74, 6) is 0.489. The minimum Gasteiger partial charge on any atom is -0.330 e. The zero-order valence-electron chi connectivity index (χ0n) is 17.3. The molecule has 3 heteroatoms. The van der Waals surface area contributed by atoms with Crippen molar-refractivity contribution < 1.29 is 4.79 Å². The van der Waals surface area contributed by atoms with Crippen molar-refractivity contribution in [2.75, 3.05) is 6.54 Å². The average Bonchev–Trinajstić information content (AvgIpc) is 2.77. The molecule has 3 aromatic rings. The highest BCUT2D eigenvalue weighted by molar-refractivity contribution is 6.01. The number of rotatable bonds is 8. The standard InChI is InChI=1S/C26H30N2O/c1-20(2)17-23(18-27)28(19-21-11-5-3-6-12-21)26(29)25-16-10-9-15-24(25)22-13-7-4-8-14-22/h3-16,20,23H,17-19,27H2,1-2H3. The van der Waals surface area contributed by atoms with Gasteiger partial charge in [0.2, 0.25) is 0 Å². The molecule has 0 saturated heterocycles. The third kappa shape index (κ3) is 5.33. The van der Waals surface area contributed by atoms with Gasteiger partial charge in [-0.2, -0.15) is 0 Å². The lowest BCUT2D eigenvalue weighted by atomic mass is 9.96. The van der Waals surface area contributed by atoms with Crippen LogP contribution in [0.2, 0.25) is 0 Å². The fourth-order valence-electron chi connectivity index (χ4n) is 3.74. The van der Waals surface area contributed by atoms with E-state index in [9.17, 15) is 4.79 Å². The summed E-state index contributed by atoms with van der Waals surface area (Å²) in [5.41, 5.74) is 9.98. The molecule has 0 radical (unpaired) electrons. The van der Waals surface area contributed by atoms with Gasteiger partial charge in [-0.25, -0.2) is 0 Å². The van der Waals surface area contributed by atoms with Crippen LogP contribution in [0, 0.1) is 5.92 Å². The topological polar surface area (TPSA) is 46.3 Å². The lowest BCUT2D eigenvalue weighted by Gasteiger charge is -2.33. The number of carbonyl (C=O) groups excluding carboxylic acids is 1. The van der Waals surface area contributed by atoms with Crippen LogP contribution in [0.1, 0.15) is 36.2 Å². The van der Waals surface area contributed by atoms with E-state index in [0.717, 1.165) is 28.7 Å². The molecule has 0 aliphatic rings. The highest BCUT2D eigenvalue weighted by Gasteiger charge is 2.26. The van der Waals surface area contributed by atoms with Crippen LogP contribution >= 0.6 is 0 Å². The van der Waals surface area contributed by atoms with Crippen LogP contribution in [0.25, 0.3) is 11.1 Å². The van der Waals surface area contributed by atoms with Gasteiger partial charge in [0.1, 0.15) is 0 Å². The lowest BCUT2D eigenvalue weighted by molar-refractivity contribution is 0.0645. The second-order valence-corrected chi connectivity index (χ2v) is 7.85. The van der Waals surface area contributed by atoms with Crippen LogP contribution < -0.4 is 5.73 Å². The molecule has 3 nitrogen and oxygen atoms in total. The van der Waals surface area contributed by atoms with Gasteiger partial charge in [-0.05, 0) is 35.1 Å². The Morgan fingerprint density at radius 2 is 1.45 bits per heavy atom. The van der Waals surface area contributed by atoms with Gasteiger partial charge in [-0.3, -0.25) is 4.79 Å². The number of amides is 1. The fraction of sp³-hybridized carbons (Fsp3) is 0.269. The summed E-state index contributed by atoms with van der Waals surface area (Å²) >= 11 is 0. The Labute approximate surface area is 174 Å². The van der Waals surface area contributed by atoms with Crippen molar-refractivity contribution >= 4 is 5.91 Å². The van der Waals surface area contributed by atoms with Crippen LogP contribution in [0.4, 0.5) is 0 Å². The average molecular weight is 387 g/mol. The molecule has 2 N–H and O–H groups in total. The Morgan fingerprint density at radius 1 is 0.862 bits per heavy atom. The van der Waals surface area contributed by atoms with Crippen LogP contribution in [0.15, 0.2) is 84.9 Å². The molecule has 0 aliphatic heterocycles. The van der Waals surface area contributed by atoms with E-state index in [4.69, 9.17) is 5.73 Å². The van der Waals surface area contributed by atoms with E-state index < -0.39 is 0 Å². The molecule has 150 valence electrons. The highest BCUT2D eigenvalue weighted by atomic mass is 16.2. The molecule has 0 aromatic heterocycles. The first-order chi connectivity index (χ1) is 14.1. The van der Waals surface area contributed by atoms with Crippen molar-refractivity contribution in [2.24, 2.45) is 11.7 Å². The summed E-state index contributed by atoms with van der Waals surface area (Å²) in [7, 11) is 0. The van der Waals surface area contributed by atoms with Crippen molar-refractivity contribution in [3.63, 3.8) is 0 Å². The Morgan fingerprint density at radius 3 is 2.07 bits per heavy atom. The number of benzene rings is 3. The minimum absolute atomic E-state index is 0.00784. The van der Waals surface area contributed by atoms with Gasteiger partial charge in [0.15, 0.2) is 0 Å². The summed E-state index contributed by atoms with van der Waals surface area (Å²) in [4.78, 5) is 15.8. The summed E-state index contributed by atoms with van der Waals surface area (Å²) < 4.78 is 0. The molecule has 3 aromatic carbocycles. The van der Waals surface area contributed by atoms with Gasteiger partial charge < -0.3 is 10.6 Å². The van der Waals surface area contributed by atoms with Crippen molar-refractivity contribution in [1.82, 2.24) is 4.90 Å². The van der Waals surface area contributed by atoms with Gasteiger partial charge >= 0.3 is 0 Å². The normalized spacial score (nSPS) is 12.0. The van der Waals surface area contributed by atoms with E-state index in [0.29, 0.717) is 19.0 Å². The van der Waals surface area contributed by atoms with Gasteiger partial charge in [-0.1, -0.05) is 92.7 Å². The number of hydrogen-bond donors (Lipinski definition) is 1. The second kappa shape index (κ2) is 10.0. The summed E-state index contributed by atoms with van der Waals surface area (Å²) in [5, 5.41) is 0. The molecule has 1 unspecified atom stereocenters. The van der Waals surface area contributed by atoms with E-state index in [2.05, 4.69) is 26.0 Å². The molecule has 0 bridgehead atoms. The van der Waals surface area contributed by atoms with Crippen molar-refractivity contribution in [3.8, 4) is 11.1 Å². The zero-order valence-corrected chi connectivity index (χ0v) is 17.3. The molecular weight excluding hydrogens is 356 g/mol. The number of nitrogens with two attached hydrogens (primary N) is 1. The van der Waals surface area contributed by atoms with Gasteiger partial charge in [0, 0.05) is 24.7 Å². The molecule has 1 atom stereocenters. The maximum absolute atomic E-state index is 13.8. The Bertz CT molecular complexity index is 906. The first-order valence-electron chi connectivity index (χ1n) is 10.3. The third-order valence-electron chi connectivity index (χ3n) is 5.16. The minimum atomic E-state index is -0.00784. The predicted molar refractivity (Wildman–Crippen MR) is 120 cm³/mol. The Balaban J connectivity index is 2.00. The molecule has 3 rings (SSSR count). The maximum atomic E-state index is 13.8. The van der Waals surface area contributed by atoms with E-state index in [1.165, 1.54) is 0 Å². The van der Waals surface area contributed by atoms with Crippen LogP contribution in [-0.2, 0) is 6.54 Å². The van der Waals surface area contributed by atoms with Gasteiger partial charge in [0.25, 0.3) is 5.91 Å². The Kier molecular flexibility index (Phi) is 7.20. The fourth-order valence-corrected chi connectivity index (χ4v) is 3.74. The zero-order chi connectivity index (χ0) is 20.6. The largest absolute Gasteiger partial charge is 0.330 e.